The van der Waals surface area contributed by atoms with Crippen LogP contribution in [0.25, 0.3) is 28.2 Å². The fourth-order valence-corrected chi connectivity index (χ4v) is 2.95. The molecule has 2 aromatic carbocycles. The molecule has 2 N–H and O–H groups in total. The highest BCUT2D eigenvalue weighted by Crippen LogP contribution is 2.32. The standard InChI is InChI=1S/C20H15F2N5/c21-16-3-1-13(2-4-16)19-20(14-7-9-24-10-8-14)27(26-25-19)18-6-5-17(22)11-15(18)12-23/h1-11H,12,23H2. The average molecular weight is 363 g/mol. The molecule has 0 fully saturated rings. The molecule has 4 aromatic rings. The molecule has 7 heteroatoms. The van der Waals surface area contributed by atoms with Gasteiger partial charge in [-0.15, -0.1) is 5.10 Å². The minimum atomic E-state index is -0.372. The Morgan fingerprint density at radius 2 is 1.56 bits per heavy atom. The predicted molar refractivity (Wildman–Crippen MR) is 97.8 cm³/mol. The maximum Gasteiger partial charge on any atom is 0.123 e. The number of hydrogen-bond acceptors (Lipinski definition) is 4. The Hall–Kier alpha value is -3.45. The van der Waals surface area contributed by atoms with E-state index in [9.17, 15) is 8.78 Å². The van der Waals surface area contributed by atoms with E-state index in [1.807, 2.05) is 12.1 Å². The molecule has 0 atom stereocenters. The minimum absolute atomic E-state index is 0.147. The quantitative estimate of drug-likeness (QED) is 0.600. The number of aromatic nitrogens is 4. The summed E-state index contributed by atoms with van der Waals surface area (Å²) in [6.45, 7) is 0.147. The predicted octanol–water partition coefficient (Wildman–Crippen LogP) is 3.73. The molecule has 27 heavy (non-hydrogen) atoms. The van der Waals surface area contributed by atoms with Crippen LogP contribution in [0, 0.1) is 11.6 Å². The van der Waals surface area contributed by atoms with E-state index in [0.29, 0.717) is 28.2 Å². The molecule has 2 aromatic heterocycles. The molecular formula is C20H15F2N5. The lowest BCUT2D eigenvalue weighted by atomic mass is 10.0. The first kappa shape index (κ1) is 17.0. The highest BCUT2D eigenvalue weighted by molar-refractivity contribution is 5.79. The van der Waals surface area contributed by atoms with Crippen molar-refractivity contribution in [2.75, 3.05) is 0 Å². The molecule has 0 aliphatic carbocycles. The number of rotatable bonds is 4. The molecule has 0 spiro atoms. The summed E-state index contributed by atoms with van der Waals surface area (Å²) in [5.41, 5.74) is 9.83. The minimum Gasteiger partial charge on any atom is -0.326 e. The zero-order chi connectivity index (χ0) is 18.8. The lowest BCUT2D eigenvalue weighted by Crippen LogP contribution is -2.07. The van der Waals surface area contributed by atoms with Crippen LogP contribution in [0.5, 0.6) is 0 Å². The van der Waals surface area contributed by atoms with Gasteiger partial charge in [0.2, 0.25) is 0 Å². The maximum atomic E-state index is 13.6. The van der Waals surface area contributed by atoms with E-state index in [1.54, 1.807) is 35.3 Å². The van der Waals surface area contributed by atoms with Gasteiger partial charge in [0.15, 0.2) is 0 Å². The van der Waals surface area contributed by atoms with Crippen molar-refractivity contribution >= 4 is 0 Å². The van der Waals surface area contributed by atoms with Gasteiger partial charge in [0.1, 0.15) is 23.0 Å². The number of benzene rings is 2. The molecule has 0 radical (unpaired) electrons. The van der Waals surface area contributed by atoms with Gasteiger partial charge < -0.3 is 5.73 Å². The van der Waals surface area contributed by atoms with Gasteiger partial charge in [0.25, 0.3) is 0 Å². The van der Waals surface area contributed by atoms with Gasteiger partial charge in [0.05, 0.1) is 5.69 Å². The van der Waals surface area contributed by atoms with E-state index in [0.717, 1.165) is 5.56 Å². The van der Waals surface area contributed by atoms with Gasteiger partial charge in [-0.2, -0.15) is 0 Å². The van der Waals surface area contributed by atoms with E-state index in [2.05, 4.69) is 15.3 Å². The van der Waals surface area contributed by atoms with Crippen molar-refractivity contribution in [1.29, 1.82) is 0 Å². The molecule has 134 valence electrons. The van der Waals surface area contributed by atoms with Crippen molar-refractivity contribution < 1.29 is 8.78 Å². The van der Waals surface area contributed by atoms with Crippen molar-refractivity contribution in [3.63, 3.8) is 0 Å². The highest BCUT2D eigenvalue weighted by Gasteiger charge is 2.19. The smallest absolute Gasteiger partial charge is 0.123 e. The Bertz CT molecular complexity index is 1080. The monoisotopic (exact) mass is 363 g/mol. The van der Waals surface area contributed by atoms with Crippen LogP contribution in [-0.4, -0.2) is 20.0 Å². The number of pyridine rings is 1. The summed E-state index contributed by atoms with van der Waals surface area (Å²) in [6, 6.07) is 14.0. The molecule has 2 heterocycles. The molecule has 0 aliphatic heterocycles. The van der Waals surface area contributed by atoms with E-state index in [1.165, 1.54) is 24.3 Å². The van der Waals surface area contributed by atoms with Gasteiger partial charge in [-0.3, -0.25) is 4.98 Å². The van der Waals surface area contributed by atoms with Gasteiger partial charge in [0, 0.05) is 30.1 Å². The van der Waals surface area contributed by atoms with Gasteiger partial charge in [-0.1, -0.05) is 5.21 Å². The van der Waals surface area contributed by atoms with Crippen LogP contribution in [0.3, 0.4) is 0 Å². The summed E-state index contributed by atoms with van der Waals surface area (Å²) in [4.78, 5) is 4.05. The number of hydrogen-bond donors (Lipinski definition) is 1. The second kappa shape index (κ2) is 7.05. The molecule has 0 bridgehead atoms. The second-order valence-corrected chi connectivity index (χ2v) is 5.92. The fourth-order valence-electron chi connectivity index (χ4n) is 2.95. The van der Waals surface area contributed by atoms with Crippen molar-refractivity contribution in [2.45, 2.75) is 6.54 Å². The third-order valence-corrected chi connectivity index (χ3v) is 4.23. The summed E-state index contributed by atoms with van der Waals surface area (Å²) in [6.07, 6.45) is 3.32. The van der Waals surface area contributed by atoms with Crippen LogP contribution in [0.4, 0.5) is 8.78 Å². The molecule has 0 saturated carbocycles. The molecular weight excluding hydrogens is 348 g/mol. The van der Waals surface area contributed by atoms with Crippen LogP contribution in [-0.2, 0) is 6.54 Å². The third-order valence-electron chi connectivity index (χ3n) is 4.23. The molecule has 0 amide bonds. The van der Waals surface area contributed by atoms with Crippen LogP contribution in [0.15, 0.2) is 67.0 Å². The first-order valence-electron chi connectivity index (χ1n) is 8.28. The first-order valence-corrected chi connectivity index (χ1v) is 8.28. The number of halogens is 2. The van der Waals surface area contributed by atoms with Crippen molar-refractivity contribution in [2.24, 2.45) is 5.73 Å². The van der Waals surface area contributed by atoms with Crippen LogP contribution in [0.1, 0.15) is 5.56 Å². The van der Waals surface area contributed by atoms with Crippen LogP contribution < -0.4 is 5.73 Å². The van der Waals surface area contributed by atoms with Gasteiger partial charge in [-0.05, 0) is 60.2 Å². The molecule has 5 nitrogen and oxygen atoms in total. The fraction of sp³-hybridized carbons (Fsp3) is 0.0500. The Morgan fingerprint density at radius 3 is 2.26 bits per heavy atom. The summed E-state index contributed by atoms with van der Waals surface area (Å²) in [7, 11) is 0. The Morgan fingerprint density at radius 1 is 0.852 bits per heavy atom. The molecule has 0 unspecified atom stereocenters. The topological polar surface area (TPSA) is 69.6 Å². The number of nitrogens with two attached hydrogens (primary N) is 1. The SMILES string of the molecule is NCc1cc(F)ccc1-n1nnc(-c2ccc(F)cc2)c1-c1ccncc1. The van der Waals surface area contributed by atoms with E-state index in [4.69, 9.17) is 5.73 Å². The Labute approximate surface area is 154 Å². The largest absolute Gasteiger partial charge is 0.326 e. The molecule has 0 aliphatic rings. The van der Waals surface area contributed by atoms with Gasteiger partial charge in [-0.25, -0.2) is 13.5 Å². The van der Waals surface area contributed by atoms with E-state index in [-0.39, 0.29) is 18.2 Å². The summed E-state index contributed by atoms with van der Waals surface area (Å²) < 4.78 is 28.6. The number of nitrogens with zero attached hydrogens (tertiary/aromatic N) is 4. The summed E-state index contributed by atoms with van der Waals surface area (Å²) in [5.74, 6) is -0.705. The zero-order valence-corrected chi connectivity index (χ0v) is 14.2. The third kappa shape index (κ3) is 3.20. The van der Waals surface area contributed by atoms with E-state index < -0.39 is 0 Å². The lowest BCUT2D eigenvalue weighted by Gasteiger charge is -2.12. The van der Waals surface area contributed by atoms with E-state index >= 15 is 0 Å². The van der Waals surface area contributed by atoms with Gasteiger partial charge >= 0.3 is 0 Å². The average Bonchev–Trinajstić information content (AvgIpc) is 3.14. The zero-order valence-electron chi connectivity index (χ0n) is 14.2. The molecule has 4 rings (SSSR count). The van der Waals surface area contributed by atoms with Crippen molar-refractivity contribution in [1.82, 2.24) is 20.0 Å². The Kier molecular flexibility index (Phi) is 4.43. The van der Waals surface area contributed by atoms with Crippen LogP contribution in [0.2, 0.25) is 0 Å². The highest BCUT2D eigenvalue weighted by atomic mass is 19.1. The second-order valence-electron chi connectivity index (χ2n) is 5.92. The van der Waals surface area contributed by atoms with Crippen molar-refractivity contribution in [3.8, 4) is 28.2 Å². The van der Waals surface area contributed by atoms with Crippen LogP contribution >= 0.6 is 0 Å². The Balaban J connectivity index is 1.97. The summed E-state index contributed by atoms with van der Waals surface area (Å²) in [5, 5.41) is 8.58. The van der Waals surface area contributed by atoms with Crippen molar-refractivity contribution in [3.05, 3.63) is 84.2 Å². The molecule has 0 saturated heterocycles. The first-order chi connectivity index (χ1) is 13.2. The normalized spacial score (nSPS) is 10.9. The lowest BCUT2D eigenvalue weighted by molar-refractivity contribution is 0.624. The summed E-state index contributed by atoms with van der Waals surface area (Å²) >= 11 is 0. The maximum absolute atomic E-state index is 13.6.